The van der Waals surface area contributed by atoms with E-state index in [1.807, 2.05) is 76.2 Å². The summed E-state index contributed by atoms with van der Waals surface area (Å²) in [6, 6.07) is 18.9. The van der Waals surface area contributed by atoms with E-state index in [1.54, 1.807) is 22.2 Å². The largest absolute Gasteiger partial charge is 0.390 e. The lowest BCUT2D eigenvalue weighted by molar-refractivity contribution is -0.128. The van der Waals surface area contributed by atoms with Gasteiger partial charge in [-0.3, -0.25) is 9.78 Å². The molecule has 48 heavy (non-hydrogen) atoms. The highest BCUT2D eigenvalue weighted by atomic mass is 32.2. The number of benzene rings is 2. The smallest absolute Gasteiger partial charge is 0.321 e. The number of aromatic nitrogens is 1. The van der Waals surface area contributed by atoms with Crippen molar-refractivity contribution in [2.45, 2.75) is 70.2 Å². The molecule has 4 atom stereocenters. The summed E-state index contributed by atoms with van der Waals surface area (Å²) in [4.78, 5) is 35.3. The molecule has 0 radical (unpaired) electrons. The van der Waals surface area contributed by atoms with Crippen LogP contribution in [0.1, 0.15) is 50.8 Å². The number of nitriles is 1. The molecule has 1 aliphatic rings. The number of amides is 3. The summed E-state index contributed by atoms with van der Waals surface area (Å²) in [7, 11) is -4.05. The van der Waals surface area contributed by atoms with Gasteiger partial charge < -0.3 is 20.2 Å². The van der Waals surface area contributed by atoms with Gasteiger partial charge in [0.15, 0.2) is 0 Å². The molecule has 2 heterocycles. The molecule has 1 fully saturated rings. The number of aliphatic hydroxyl groups excluding tert-OH is 1. The summed E-state index contributed by atoms with van der Waals surface area (Å²) in [5, 5.41) is 24.0. The molecular weight excluding hydrogens is 628 g/mol. The fourth-order valence-corrected chi connectivity index (χ4v) is 7.55. The van der Waals surface area contributed by atoms with Crippen molar-refractivity contribution in [3.05, 3.63) is 95.8 Å². The van der Waals surface area contributed by atoms with Gasteiger partial charge in [0.2, 0.25) is 15.9 Å². The van der Waals surface area contributed by atoms with Crippen LogP contribution in [0.5, 0.6) is 0 Å². The van der Waals surface area contributed by atoms with E-state index in [9.17, 15) is 28.4 Å². The Labute approximate surface area is 284 Å². The second-order valence-corrected chi connectivity index (χ2v) is 14.8. The number of hydrogen-bond acceptors (Lipinski definition) is 7. The van der Waals surface area contributed by atoms with E-state index in [1.165, 1.54) is 28.6 Å². The van der Waals surface area contributed by atoms with Crippen LogP contribution >= 0.6 is 0 Å². The van der Waals surface area contributed by atoms with E-state index in [-0.39, 0.29) is 42.3 Å². The maximum absolute atomic E-state index is 14.2. The molecule has 1 aliphatic heterocycles. The molecule has 0 aliphatic carbocycles. The average molecular weight is 675 g/mol. The summed E-state index contributed by atoms with van der Waals surface area (Å²) < 4.78 is 28.8. The van der Waals surface area contributed by atoms with Crippen LogP contribution in [-0.4, -0.2) is 88.9 Å². The van der Waals surface area contributed by atoms with Crippen molar-refractivity contribution in [1.29, 1.82) is 5.26 Å². The van der Waals surface area contributed by atoms with Gasteiger partial charge in [-0.05, 0) is 59.7 Å². The number of carbonyl (C=O) groups is 2. The summed E-state index contributed by atoms with van der Waals surface area (Å²) in [6.07, 6.45) is 3.00. The molecule has 2 N–H and O–H groups in total. The zero-order chi connectivity index (χ0) is 34.8. The zero-order valence-electron chi connectivity index (χ0n) is 28.1. The van der Waals surface area contributed by atoms with Crippen LogP contribution in [0.25, 0.3) is 0 Å². The van der Waals surface area contributed by atoms with Gasteiger partial charge in [-0.2, -0.15) is 9.57 Å². The fraction of sp³-hybridized carbons (Fsp3) is 0.444. The first kappa shape index (κ1) is 36.5. The molecule has 3 aromatic rings. The predicted molar refractivity (Wildman–Crippen MR) is 183 cm³/mol. The van der Waals surface area contributed by atoms with E-state index in [2.05, 4.69) is 10.3 Å². The molecule has 0 spiro atoms. The summed E-state index contributed by atoms with van der Waals surface area (Å²) in [5.41, 5.74) is 2.08. The van der Waals surface area contributed by atoms with Crippen LogP contribution in [0.4, 0.5) is 4.79 Å². The number of hydrogen-bond donors (Lipinski definition) is 2. The van der Waals surface area contributed by atoms with E-state index in [0.717, 1.165) is 11.1 Å². The van der Waals surface area contributed by atoms with Gasteiger partial charge in [-0.15, -0.1) is 0 Å². The summed E-state index contributed by atoms with van der Waals surface area (Å²) in [5.74, 6) is -0.639. The monoisotopic (exact) mass is 674 g/mol. The van der Waals surface area contributed by atoms with E-state index in [0.29, 0.717) is 31.6 Å². The molecular formula is C36H46N6O5S. The molecule has 1 aromatic heterocycles. The molecule has 2 aromatic carbocycles. The van der Waals surface area contributed by atoms with Gasteiger partial charge in [-0.1, -0.05) is 70.5 Å². The third kappa shape index (κ3) is 9.18. The minimum absolute atomic E-state index is 0.0122. The minimum atomic E-state index is -4.05. The van der Waals surface area contributed by atoms with Crippen LogP contribution in [-0.2, 0) is 27.8 Å². The molecule has 256 valence electrons. The normalized spacial score (nSPS) is 16.1. The first-order valence-corrected chi connectivity index (χ1v) is 17.9. The lowest BCUT2D eigenvalue weighted by atomic mass is 9.95. The Hall–Kier alpha value is -4.31. The summed E-state index contributed by atoms with van der Waals surface area (Å²) >= 11 is 0. The SMILES string of the molecule is CCC(C)C(C(=O)N[C@@H](Cc1ccccc1)[C@H](O)CN(CC(C)C)S(=O)(=O)c1ccc(C#N)cc1)N1CCN(Cc2cccnc2)C1=O. The Bertz CT molecular complexity index is 1650. The fourth-order valence-electron chi connectivity index (χ4n) is 5.93. The first-order chi connectivity index (χ1) is 22.9. The van der Waals surface area contributed by atoms with Crippen LogP contribution in [0, 0.1) is 23.2 Å². The zero-order valence-corrected chi connectivity index (χ0v) is 28.9. The van der Waals surface area contributed by atoms with Crippen molar-refractivity contribution in [3.63, 3.8) is 0 Å². The third-order valence-electron chi connectivity index (χ3n) is 8.68. The highest BCUT2D eigenvalue weighted by Gasteiger charge is 2.41. The van der Waals surface area contributed by atoms with Crippen molar-refractivity contribution in [2.24, 2.45) is 11.8 Å². The number of urea groups is 1. The van der Waals surface area contributed by atoms with Crippen molar-refractivity contribution in [2.75, 3.05) is 26.2 Å². The number of rotatable bonds is 16. The Morgan fingerprint density at radius 1 is 1.02 bits per heavy atom. The molecule has 0 bridgehead atoms. The van der Waals surface area contributed by atoms with Crippen molar-refractivity contribution >= 4 is 22.0 Å². The van der Waals surface area contributed by atoms with Crippen molar-refractivity contribution in [3.8, 4) is 6.07 Å². The minimum Gasteiger partial charge on any atom is -0.390 e. The highest BCUT2D eigenvalue weighted by Crippen LogP contribution is 2.24. The van der Waals surface area contributed by atoms with Gasteiger partial charge in [0.05, 0.1) is 28.7 Å². The molecule has 0 saturated carbocycles. The van der Waals surface area contributed by atoms with E-state index < -0.39 is 34.1 Å². The molecule has 4 rings (SSSR count). The number of carbonyl (C=O) groups excluding carboxylic acids is 2. The predicted octanol–water partition coefficient (Wildman–Crippen LogP) is 4.04. The molecule has 3 amide bonds. The van der Waals surface area contributed by atoms with E-state index in [4.69, 9.17) is 0 Å². The van der Waals surface area contributed by atoms with Gasteiger partial charge in [0, 0.05) is 45.1 Å². The lowest BCUT2D eigenvalue weighted by Gasteiger charge is -2.35. The third-order valence-corrected chi connectivity index (χ3v) is 10.5. The molecule has 1 saturated heterocycles. The number of nitrogens with one attached hydrogen (secondary N) is 1. The number of aliphatic hydroxyl groups is 1. The Morgan fingerprint density at radius 3 is 2.31 bits per heavy atom. The molecule has 11 nitrogen and oxygen atoms in total. The van der Waals surface area contributed by atoms with Gasteiger partial charge in [0.25, 0.3) is 0 Å². The van der Waals surface area contributed by atoms with E-state index >= 15 is 0 Å². The molecule has 2 unspecified atom stereocenters. The lowest BCUT2D eigenvalue weighted by Crippen LogP contribution is -2.57. The van der Waals surface area contributed by atoms with Crippen LogP contribution < -0.4 is 5.32 Å². The standard InChI is InChI=1S/C36H46N6O5S/c1-5-27(4)34(42-19-18-40(36(42)45)24-30-12-9-17-38-22-30)35(44)39-32(20-28-10-7-6-8-11-28)33(43)25-41(23-26(2)3)48(46,47)31-15-13-29(21-37)14-16-31/h6-17,22,26-27,32-34,43H,5,18-20,23-25H2,1-4H3,(H,39,44)/t27?,32-,33+,34?/m0/s1. The van der Waals surface area contributed by atoms with Gasteiger partial charge in [-0.25, -0.2) is 13.2 Å². The number of nitrogens with zero attached hydrogens (tertiary/aromatic N) is 5. The second-order valence-electron chi connectivity index (χ2n) is 12.8. The topological polar surface area (TPSA) is 147 Å². The molecule has 12 heteroatoms. The second kappa shape index (κ2) is 16.7. The van der Waals surface area contributed by atoms with Crippen molar-refractivity contribution < 1.29 is 23.1 Å². The Kier molecular flexibility index (Phi) is 12.7. The summed E-state index contributed by atoms with van der Waals surface area (Å²) in [6.45, 7) is 8.75. The van der Waals surface area contributed by atoms with Gasteiger partial charge in [0.1, 0.15) is 6.04 Å². The maximum Gasteiger partial charge on any atom is 0.321 e. The number of sulfonamides is 1. The highest BCUT2D eigenvalue weighted by molar-refractivity contribution is 7.89. The van der Waals surface area contributed by atoms with Crippen LogP contribution in [0.2, 0.25) is 0 Å². The van der Waals surface area contributed by atoms with Crippen LogP contribution in [0.3, 0.4) is 0 Å². The Morgan fingerprint density at radius 2 is 1.71 bits per heavy atom. The Balaban J connectivity index is 1.59. The maximum atomic E-state index is 14.2. The average Bonchev–Trinajstić information content (AvgIpc) is 3.43. The van der Waals surface area contributed by atoms with Crippen LogP contribution in [0.15, 0.2) is 84.0 Å². The van der Waals surface area contributed by atoms with Gasteiger partial charge >= 0.3 is 6.03 Å². The quantitative estimate of drug-likeness (QED) is 0.233. The number of pyridine rings is 1. The van der Waals surface area contributed by atoms with Crippen molar-refractivity contribution in [1.82, 2.24) is 24.4 Å². The first-order valence-electron chi connectivity index (χ1n) is 16.4.